The lowest BCUT2D eigenvalue weighted by atomic mass is 10.1. The molecule has 1 aromatic rings. The number of rotatable bonds is 7. The van der Waals surface area contributed by atoms with E-state index in [1.165, 1.54) is 20.0 Å². The topological polar surface area (TPSA) is 80.8 Å². The summed E-state index contributed by atoms with van der Waals surface area (Å²) >= 11 is 0. The molecule has 7 nitrogen and oxygen atoms in total. The molecule has 2 aliphatic rings. The Labute approximate surface area is 154 Å². The Balaban J connectivity index is 1.77. The van der Waals surface area contributed by atoms with Crippen molar-refractivity contribution < 1.29 is 19.1 Å². The van der Waals surface area contributed by atoms with Gasteiger partial charge in [-0.15, -0.1) is 0 Å². The van der Waals surface area contributed by atoms with Crippen LogP contribution in [0.4, 0.5) is 0 Å². The molecule has 1 fully saturated rings. The van der Waals surface area contributed by atoms with E-state index in [1.807, 2.05) is 17.9 Å². The van der Waals surface area contributed by atoms with Crippen molar-refractivity contribution in [3.63, 3.8) is 0 Å². The second-order valence-corrected chi connectivity index (χ2v) is 6.87. The highest BCUT2D eigenvalue weighted by molar-refractivity contribution is 5.98. The third-order valence-corrected chi connectivity index (χ3v) is 5.31. The standard InChI is InChI=1S/C19H27N3O4/c1-4-16(25-2)17(23)20-10-12-9-14-15(21-18(12)26-3)11-22(19(14)24)13-7-5-6-8-13/h9,13,16H,4-8,10-11H2,1-3H3,(H,20,23)/t16-/m1/s1. The number of hydrogen-bond donors (Lipinski definition) is 1. The molecule has 1 N–H and O–H groups in total. The molecule has 1 saturated carbocycles. The predicted molar refractivity (Wildman–Crippen MR) is 95.9 cm³/mol. The quantitative estimate of drug-likeness (QED) is 0.804. The van der Waals surface area contributed by atoms with Crippen LogP contribution in [0.3, 0.4) is 0 Å². The lowest BCUT2D eigenvalue weighted by molar-refractivity contribution is -0.131. The first-order valence-electron chi connectivity index (χ1n) is 9.27. The van der Waals surface area contributed by atoms with Gasteiger partial charge in [0.05, 0.1) is 24.9 Å². The molecule has 1 aliphatic heterocycles. The SMILES string of the molecule is CC[C@@H](OC)C(=O)NCc1cc2c(nc1OC)CN(C1CCCC1)C2=O. The number of nitrogens with one attached hydrogen (secondary N) is 1. The Kier molecular flexibility index (Phi) is 5.76. The molecule has 2 heterocycles. The molecule has 1 atom stereocenters. The molecule has 7 heteroatoms. The molecule has 0 aromatic carbocycles. The summed E-state index contributed by atoms with van der Waals surface area (Å²) in [5, 5.41) is 2.84. The van der Waals surface area contributed by atoms with Crippen LogP contribution in [0.2, 0.25) is 0 Å². The summed E-state index contributed by atoms with van der Waals surface area (Å²) in [7, 11) is 3.07. The Morgan fingerprint density at radius 3 is 2.73 bits per heavy atom. The van der Waals surface area contributed by atoms with Crippen LogP contribution in [0.25, 0.3) is 0 Å². The highest BCUT2D eigenvalue weighted by atomic mass is 16.5. The van der Waals surface area contributed by atoms with E-state index >= 15 is 0 Å². The van der Waals surface area contributed by atoms with Crippen LogP contribution in [0.1, 0.15) is 60.6 Å². The second-order valence-electron chi connectivity index (χ2n) is 6.87. The van der Waals surface area contributed by atoms with Crippen molar-refractivity contribution in [1.29, 1.82) is 0 Å². The fourth-order valence-corrected chi connectivity index (χ4v) is 3.84. The first-order valence-corrected chi connectivity index (χ1v) is 9.27. The first-order chi connectivity index (χ1) is 12.6. The summed E-state index contributed by atoms with van der Waals surface area (Å²) in [6.45, 7) is 2.68. The van der Waals surface area contributed by atoms with Crippen LogP contribution >= 0.6 is 0 Å². The average molecular weight is 361 g/mol. The predicted octanol–water partition coefficient (Wildman–Crippen LogP) is 2.03. The highest BCUT2D eigenvalue weighted by Gasteiger charge is 2.36. The van der Waals surface area contributed by atoms with Crippen molar-refractivity contribution >= 4 is 11.8 Å². The van der Waals surface area contributed by atoms with Gasteiger partial charge >= 0.3 is 0 Å². The number of aromatic nitrogens is 1. The van der Waals surface area contributed by atoms with Crippen molar-refractivity contribution in [3.8, 4) is 5.88 Å². The molecular weight excluding hydrogens is 334 g/mol. The molecule has 2 amide bonds. The summed E-state index contributed by atoms with van der Waals surface area (Å²) in [5.74, 6) is 0.310. The number of methoxy groups -OCH3 is 2. The van der Waals surface area contributed by atoms with Gasteiger partial charge in [-0.05, 0) is 25.3 Å². The van der Waals surface area contributed by atoms with E-state index in [0.717, 1.165) is 18.5 Å². The molecule has 1 aromatic heterocycles. The largest absolute Gasteiger partial charge is 0.481 e. The number of carbonyl (C=O) groups excluding carboxylic acids is 2. The normalized spacial score (nSPS) is 18.1. The van der Waals surface area contributed by atoms with Gasteiger partial charge in [-0.25, -0.2) is 4.98 Å². The van der Waals surface area contributed by atoms with Gasteiger partial charge < -0.3 is 19.7 Å². The minimum absolute atomic E-state index is 0.0398. The van der Waals surface area contributed by atoms with Gasteiger partial charge in [-0.2, -0.15) is 0 Å². The maximum Gasteiger partial charge on any atom is 0.256 e. The zero-order valence-corrected chi connectivity index (χ0v) is 15.7. The summed E-state index contributed by atoms with van der Waals surface area (Å²) in [6.07, 6.45) is 4.59. The van der Waals surface area contributed by atoms with Gasteiger partial charge in [0.15, 0.2) is 0 Å². The molecule has 0 radical (unpaired) electrons. The Morgan fingerprint density at radius 1 is 1.38 bits per heavy atom. The van der Waals surface area contributed by atoms with Crippen LogP contribution in [-0.2, 0) is 22.6 Å². The molecule has 0 bridgehead atoms. The molecule has 0 spiro atoms. The van der Waals surface area contributed by atoms with Gasteiger partial charge in [0.1, 0.15) is 6.10 Å². The maximum atomic E-state index is 12.8. The second kappa shape index (κ2) is 8.03. The number of hydrogen-bond acceptors (Lipinski definition) is 5. The average Bonchev–Trinajstić information content (AvgIpc) is 3.28. The van der Waals surface area contributed by atoms with E-state index in [0.29, 0.717) is 36.0 Å². The molecule has 1 aliphatic carbocycles. The number of fused-ring (bicyclic) bond motifs is 1. The number of pyridine rings is 1. The Hall–Kier alpha value is -2.15. The minimum atomic E-state index is -0.483. The van der Waals surface area contributed by atoms with Crippen LogP contribution in [0, 0.1) is 0 Å². The third-order valence-electron chi connectivity index (χ3n) is 5.31. The van der Waals surface area contributed by atoms with Crippen molar-refractivity contribution in [3.05, 3.63) is 22.9 Å². The zero-order valence-electron chi connectivity index (χ0n) is 15.7. The Bertz CT molecular complexity index is 682. The number of nitrogens with zero attached hydrogens (tertiary/aromatic N) is 2. The number of amides is 2. The van der Waals surface area contributed by atoms with E-state index in [4.69, 9.17) is 9.47 Å². The molecule has 3 rings (SSSR count). The molecule has 26 heavy (non-hydrogen) atoms. The van der Waals surface area contributed by atoms with E-state index in [-0.39, 0.29) is 18.4 Å². The summed E-state index contributed by atoms with van der Waals surface area (Å²) < 4.78 is 10.5. The fourth-order valence-electron chi connectivity index (χ4n) is 3.84. The van der Waals surface area contributed by atoms with Crippen LogP contribution in [0.5, 0.6) is 5.88 Å². The van der Waals surface area contributed by atoms with Gasteiger partial charge in [0.2, 0.25) is 11.8 Å². The molecule has 0 unspecified atom stereocenters. The lowest BCUT2D eigenvalue weighted by Gasteiger charge is -2.22. The lowest BCUT2D eigenvalue weighted by Crippen LogP contribution is -2.35. The Morgan fingerprint density at radius 2 is 2.12 bits per heavy atom. The van der Waals surface area contributed by atoms with Gasteiger partial charge in [0.25, 0.3) is 5.91 Å². The van der Waals surface area contributed by atoms with E-state index in [9.17, 15) is 9.59 Å². The molecular formula is C19H27N3O4. The van der Waals surface area contributed by atoms with Gasteiger partial charge in [-0.3, -0.25) is 9.59 Å². The first kappa shape index (κ1) is 18.6. The van der Waals surface area contributed by atoms with E-state index in [2.05, 4.69) is 10.3 Å². The molecule has 0 saturated heterocycles. The van der Waals surface area contributed by atoms with Gasteiger partial charge in [-0.1, -0.05) is 19.8 Å². The van der Waals surface area contributed by atoms with E-state index < -0.39 is 6.10 Å². The molecule has 142 valence electrons. The fraction of sp³-hybridized carbons (Fsp3) is 0.632. The van der Waals surface area contributed by atoms with Crippen LogP contribution < -0.4 is 10.1 Å². The van der Waals surface area contributed by atoms with E-state index in [1.54, 1.807) is 7.11 Å². The highest BCUT2D eigenvalue weighted by Crippen LogP contribution is 2.33. The number of carbonyl (C=O) groups is 2. The van der Waals surface area contributed by atoms with Crippen molar-refractivity contribution in [2.24, 2.45) is 0 Å². The maximum absolute atomic E-state index is 12.8. The third kappa shape index (κ3) is 3.53. The minimum Gasteiger partial charge on any atom is -0.481 e. The summed E-state index contributed by atoms with van der Waals surface area (Å²) in [6, 6.07) is 2.13. The van der Waals surface area contributed by atoms with Gasteiger partial charge in [0, 0.05) is 25.3 Å². The van der Waals surface area contributed by atoms with Crippen molar-refractivity contribution in [1.82, 2.24) is 15.2 Å². The summed E-state index contributed by atoms with van der Waals surface area (Å²) in [5.41, 5.74) is 2.09. The van der Waals surface area contributed by atoms with Crippen molar-refractivity contribution in [2.75, 3.05) is 14.2 Å². The monoisotopic (exact) mass is 361 g/mol. The van der Waals surface area contributed by atoms with Crippen molar-refractivity contribution in [2.45, 2.75) is 64.3 Å². The summed E-state index contributed by atoms with van der Waals surface area (Å²) in [4.78, 5) is 31.4. The van der Waals surface area contributed by atoms with Crippen LogP contribution in [-0.4, -0.2) is 48.1 Å². The number of ether oxygens (including phenoxy) is 2. The smallest absolute Gasteiger partial charge is 0.256 e. The zero-order chi connectivity index (χ0) is 18.7. The van der Waals surface area contributed by atoms with Crippen LogP contribution in [0.15, 0.2) is 6.07 Å².